The van der Waals surface area contributed by atoms with Crippen molar-refractivity contribution < 1.29 is 14.6 Å². The van der Waals surface area contributed by atoms with E-state index in [1.807, 2.05) is 13.0 Å². The van der Waals surface area contributed by atoms with Crippen molar-refractivity contribution in [2.75, 3.05) is 13.2 Å². The summed E-state index contributed by atoms with van der Waals surface area (Å²) in [5, 5.41) is 21.3. The number of nitrogens with one attached hydrogen (secondary N) is 1. The average molecular weight is 288 g/mol. The highest BCUT2D eigenvalue weighted by atomic mass is 16.5. The summed E-state index contributed by atoms with van der Waals surface area (Å²) in [5.41, 5.74) is 0.159. The smallest absolute Gasteiger partial charge is 0.258 e. The van der Waals surface area contributed by atoms with Gasteiger partial charge in [-0.2, -0.15) is 5.26 Å². The third kappa shape index (κ3) is 3.53. The van der Waals surface area contributed by atoms with Crippen LogP contribution in [0.15, 0.2) is 24.3 Å². The molecule has 0 aromatic heterocycles. The van der Waals surface area contributed by atoms with E-state index in [2.05, 4.69) is 5.32 Å². The maximum Gasteiger partial charge on any atom is 0.258 e. The van der Waals surface area contributed by atoms with Gasteiger partial charge in [0.2, 0.25) is 0 Å². The Morgan fingerprint density at radius 1 is 1.57 bits per heavy atom. The number of hydrogen-bond donors (Lipinski definition) is 2. The van der Waals surface area contributed by atoms with E-state index in [9.17, 15) is 9.90 Å². The third-order valence-electron chi connectivity index (χ3n) is 4.14. The van der Waals surface area contributed by atoms with Crippen LogP contribution in [0.5, 0.6) is 5.75 Å². The lowest BCUT2D eigenvalue weighted by molar-refractivity contribution is -0.124. The van der Waals surface area contributed by atoms with Gasteiger partial charge >= 0.3 is 0 Å². The SMILES string of the molecule is CC1(CO)CCCC1NC(=O)COc1ccccc1C#N. The number of hydrogen-bond acceptors (Lipinski definition) is 4. The highest BCUT2D eigenvalue weighted by molar-refractivity contribution is 5.78. The number of nitriles is 1. The van der Waals surface area contributed by atoms with Gasteiger partial charge < -0.3 is 15.2 Å². The Labute approximate surface area is 124 Å². The molecule has 1 aromatic rings. The number of ether oxygens (including phenoxy) is 1. The molecular formula is C16H20N2O3. The van der Waals surface area contributed by atoms with Crippen LogP contribution in [-0.4, -0.2) is 30.3 Å². The normalized spacial score (nSPS) is 24.3. The summed E-state index contributed by atoms with van der Waals surface area (Å²) in [5.74, 6) is 0.181. The second-order valence-corrected chi connectivity index (χ2v) is 5.72. The molecule has 1 aromatic carbocycles. The van der Waals surface area contributed by atoms with Gasteiger partial charge in [0.05, 0.1) is 12.2 Å². The van der Waals surface area contributed by atoms with Gasteiger partial charge in [-0.1, -0.05) is 25.5 Å². The largest absolute Gasteiger partial charge is 0.482 e. The first kappa shape index (κ1) is 15.3. The first-order chi connectivity index (χ1) is 10.1. The van der Waals surface area contributed by atoms with Crippen molar-refractivity contribution in [3.8, 4) is 11.8 Å². The quantitative estimate of drug-likeness (QED) is 0.862. The zero-order valence-electron chi connectivity index (χ0n) is 12.1. The van der Waals surface area contributed by atoms with Crippen LogP contribution < -0.4 is 10.1 Å². The number of benzene rings is 1. The molecule has 1 aliphatic rings. The first-order valence-corrected chi connectivity index (χ1v) is 7.11. The molecule has 1 amide bonds. The van der Waals surface area contributed by atoms with Crippen LogP contribution in [0.4, 0.5) is 0 Å². The van der Waals surface area contributed by atoms with Crippen LogP contribution >= 0.6 is 0 Å². The molecule has 1 aliphatic carbocycles. The standard InChI is InChI=1S/C16H20N2O3/c1-16(11-19)8-4-7-14(16)18-15(20)10-21-13-6-3-2-5-12(13)9-17/h2-3,5-6,14,19H,4,7-8,10-11H2,1H3,(H,18,20). The zero-order chi connectivity index (χ0) is 15.3. The van der Waals surface area contributed by atoms with Crippen molar-refractivity contribution in [3.05, 3.63) is 29.8 Å². The fraction of sp³-hybridized carbons (Fsp3) is 0.500. The van der Waals surface area contributed by atoms with E-state index in [-0.39, 0.29) is 30.6 Å². The Morgan fingerprint density at radius 3 is 3.05 bits per heavy atom. The molecule has 0 radical (unpaired) electrons. The number of carbonyl (C=O) groups is 1. The van der Waals surface area contributed by atoms with E-state index < -0.39 is 0 Å². The molecular weight excluding hydrogens is 268 g/mol. The summed E-state index contributed by atoms with van der Waals surface area (Å²) >= 11 is 0. The van der Waals surface area contributed by atoms with E-state index >= 15 is 0 Å². The number of nitrogens with zero attached hydrogens (tertiary/aromatic N) is 1. The van der Waals surface area contributed by atoms with Crippen LogP contribution in [0, 0.1) is 16.7 Å². The minimum Gasteiger partial charge on any atom is -0.482 e. The van der Waals surface area contributed by atoms with Crippen LogP contribution in [0.1, 0.15) is 31.7 Å². The van der Waals surface area contributed by atoms with Gasteiger partial charge in [-0.3, -0.25) is 4.79 Å². The maximum absolute atomic E-state index is 12.0. The summed E-state index contributed by atoms with van der Waals surface area (Å²) in [6.07, 6.45) is 2.78. The molecule has 0 heterocycles. The summed E-state index contributed by atoms with van der Waals surface area (Å²) < 4.78 is 5.40. The van der Waals surface area contributed by atoms with E-state index in [4.69, 9.17) is 10.00 Å². The lowest BCUT2D eigenvalue weighted by Gasteiger charge is -2.30. The molecule has 0 bridgehead atoms. The molecule has 0 spiro atoms. The van der Waals surface area contributed by atoms with Gasteiger partial charge in [-0.05, 0) is 25.0 Å². The second kappa shape index (κ2) is 6.59. The highest BCUT2D eigenvalue weighted by Gasteiger charge is 2.39. The molecule has 2 N–H and O–H groups in total. The first-order valence-electron chi connectivity index (χ1n) is 7.11. The van der Waals surface area contributed by atoms with Gasteiger partial charge in [0, 0.05) is 11.5 Å². The van der Waals surface area contributed by atoms with Gasteiger partial charge in [-0.25, -0.2) is 0 Å². The van der Waals surface area contributed by atoms with Gasteiger partial charge in [-0.15, -0.1) is 0 Å². The van der Waals surface area contributed by atoms with Crippen LogP contribution in [0.2, 0.25) is 0 Å². The molecule has 1 saturated carbocycles. The topological polar surface area (TPSA) is 82.3 Å². The van der Waals surface area contributed by atoms with Crippen molar-refractivity contribution >= 4 is 5.91 Å². The second-order valence-electron chi connectivity index (χ2n) is 5.72. The molecule has 5 heteroatoms. The molecule has 2 atom stereocenters. The molecule has 2 unspecified atom stereocenters. The summed E-state index contributed by atoms with van der Waals surface area (Å²) in [6.45, 7) is 1.92. The monoisotopic (exact) mass is 288 g/mol. The van der Waals surface area contributed by atoms with E-state index in [0.29, 0.717) is 11.3 Å². The number of para-hydroxylation sites is 1. The zero-order valence-corrected chi connectivity index (χ0v) is 12.1. The summed E-state index contributed by atoms with van der Waals surface area (Å²) in [6, 6.07) is 8.82. The Balaban J connectivity index is 1.90. The van der Waals surface area contributed by atoms with Crippen LogP contribution in [0.25, 0.3) is 0 Å². The molecule has 2 rings (SSSR count). The van der Waals surface area contributed by atoms with Gasteiger partial charge in [0.25, 0.3) is 5.91 Å². The molecule has 112 valence electrons. The van der Waals surface area contributed by atoms with Gasteiger partial charge in [0.1, 0.15) is 11.8 Å². The Morgan fingerprint density at radius 2 is 2.33 bits per heavy atom. The minimum atomic E-state index is -0.250. The lowest BCUT2D eigenvalue weighted by Crippen LogP contribution is -2.46. The summed E-state index contributed by atoms with van der Waals surface area (Å²) in [4.78, 5) is 12.0. The molecule has 5 nitrogen and oxygen atoms in total. The highest BCUT2D eigenvalue weighted by Crippen LogP contribution is 2.37. The number of carbonyl (C=O) groups excluding carboxylic acids is 1. The number of amides is 1. The van der Waals surface area contributed by atoms with E-state index in [0.717, 1.165) is 19.3 Å². The van der Waals surface area contributed by atoms with Crippen molar-refractivity contribution in [1.82, 2.24) is 5.32 Å². The number of rotatable bonds is 5. The maximum atomic E-state index is 12.0. The fourth-order valence-electron chi connectivity index (χ4n) is 2.73. The predicted octanol–water partition coefficient (Wildman–Crippen LogP) is 1.60. The number of aliphatic hydroxyl groups excluding tert-OH is 1. The summed E-state index contributed by atoms with van der Waals surface area (Å²) in [7, 11) is 0. The molecule has 21 heavy (non-hydrogen) atoms. The molecule has 0 aliphatic heterocycles. The fourth-order valence-corrected chi connectivity index (χ4v) is 2.73. The minimum absolute atomic E-state index is 0.0233. The van der Waals surface area contributed by atoms with Crippen LogP contribution in [0.3, 0.4) is 0 Å². The number of aliphatic hydroxyl groups is 1. The average Bonchev–Trinajstić information content (AvgIpc) is 2.87. The Hall–Kier alpha value is -2.06. The van der Waals surface area contributed by atoms with Crippen molar-refractivity contribution in [2.45, 2.75) is 32.2 Å². The van der Waals surface area contributed by atoms with Crippen molar-refractivity contribution in [3.63, 3.8) is 0 Å². The molecule has 1 fully saturated rings. The molecule has 0 saturated heterocycles. The van der Waals surface area contributed by atoms with E-state index in [1.165, 1.54) is 0 Å². The van der Waals surface area contributed by atoms with E-state index in [1.54, 1.807) is 24.3 Å². The van der Waals surface area contributed by atoms with Gasteiger partial charge in [0.15, 0.2) is 6.61 Å². The third-order valence-corrected chi connectivity index (χ3v) is 4.14. The van der Waals surface area contributed by atoms with Crippen molar-refractivity contribution in [1.29, 1.82) is 5.26 Å². The Bertz CT molecular complexity index is 553. The predicted molar refractivity (Wildman–Crippen MR) is 77.6 cm³/mol. The van der Waals surface area contributed by atoms with Crippen molar-refractivity contribution in [2.24, 2.45) is 5.41 Å². The van der Waals surface area contributed by atoms with Crippen LogP contribution in [-0.2, 0) is 4.79 Å². The lowest BCUT2D eigenvalue weighted by atomic mass is 9.86. The Kier molecular flexibility index (Phi) is 4.81.